The Labute approximate surface area is 151 Å². The fourth-order valence-corrected chi connectivity index (χ4v) is 2.49. The molecule has 2 aromatic rings. The molecule has 0 aliphatic heterocycles. The number of benzene rings is 1. The number of alkyl halides is 2. The summed E-state index contributed by atoms with van der Waals surface area (Å²) in [6, 6.07) is 3.49. The van der Waals surface area contributed by atoms with E-state index in [1.54, 1.807) is 6.07 Å². The molecule has 3 rings (SSSR count). The van der Waals surface area contributed by atoms with Gasteiger partial charge in [0.05, 0.1) is 23.7 Å². The second kappa shape index (κ2) is 7.56. The Bertz CT molecular complexity index is 866. The molecule has 1 heterocycles. The average Bonchev–Trinajstić information content (AvgIpc) is 3.36. The van der Waals surface area contributed by atoms with Crippen LogP contribution in [0.3, 0.4) is 0 Å². The van der Waals surface area contributed by atoms with E-state index in [9.17, 15) is 23.7 Å². The molecule has 1 aliphatic carbocycles. The molecule has 144 valence electrons. The number of nitro groups is 1. The van der Waals surface area contributed by atoms with Crippen molar-refractivity contribution < 1.29 is 32.7 Å². The first-order valence-corrected chi connectivity index (χ1v) is 7.91. The second-order valence-corrected chi connectivity index (χ2v) is 5.83. The SMILES string of the molecule is COc1cc(COC(=O)c2cc(C3CC3)[nH]n2)c([N+](=O)[O-])cc1OC(F)F. The van der Waals surface area contributed by atoms with Crippen LogP contribution in [0.25, 0.3) is 0 Å². The number of H-pyrrole nitrogens is 1. The Kier molecular flexibility index (Phi) is 5.19. The molecule has 9 nitrogen and oxygen atoms in total. The van der Waals surface area contributed by atoms with Crippen molar-refractivity contribution in [1.29, 1.82) is 0 Å². The van der Waals surface area contributed by atoms with Crippen molar-refractivity contribution in [2.45, 2.75) is 32.0 Å². The number of hydrogen-bond acceptors (Lipinski definition) is 7. The summed E-state index contributed by atoms with van der Waals surface area (Å²) in [5.74, 6) is -1.04. The third kappa shape index (κ3) is 4.30. The zero-order chi connectivity index (χ0) is 19.6. The van der Waals surface area contributed by atoms with Crippen LogP contribution in [0, 0.1) is 10.1 Å². The number of nitrogens with zero attached hydrogens (tertiary/aromatic N) is 2. The minimum atomic E-state index is -3.18. The number of halogens is 2. The van der Waals surface area contributed by atoms with Gasteiger partial charge in [0.25, 0.3) is 5.69 Å². The number of aromatic nitrogens is 2. The van der Waals surface area contributed by atoms with E-state index < -0.39 is 35.5 Å². The van der Waals surface area contributed by atoms with Crippen molar-refractivity contribution in [2.75, 3.05) is 7.11 Å². The number of hydrogen-bond donors (Lipinski definition) is 1. The largest absolute Gasteiger partial charge is 0.493 e. The number of esters is 1. The summed E-state index contributed by atoms with van der Waals surface area (Å²) in [5, 5.41) is 17.8. The fourth-order valence-electron chi connectivity index (χ4n) is 2.49. The number of rotatable bonds is 8. The predicted octanol–water partition coefficient (Wildman–Crippen LogP) is 3.16. The molecule has 0 atom stereocenters. The van der Waals surface area contributed by atoms with Crippen LogP contribution < -0.4 is 9.47 Å². The molecule has 0 unspecified atom stereocenters. The summed E-state index contributed by atoms with van der Waals surface area (Å²) in [6.07, 6.45) is 2.05. The van der Waals surface area contributed by atoms with Gasteiger partial charge in [-0.1, -0.05) is 0 Å². The van der Waals surface area contributed by atoms with Gasteiger partial charge in [-0.15, -0.1) is 0 Å². The van der Waals surface area contributed by atoms with E-state index in [1.807, 2.05) is 0 Å². The molecule has 1 aliphatic rings. The van der Waals surface area contributed by atoms with E-state index in [1.165, 1.54) is 7.11 Å². The first kappa shape index (κ1) is 18.5. The number of methoxy groups -OCH3 is 1. The smallest absolute Gasteiger partial charge is 0.387 e. The lowest BCUT2D eigenvalue weighted by Gasteiger charge is -2.12. The van der Waals surface area contributed by atoms with Crippen molar-refractivity contribution in [1.82, 2.24) is 10.2 Å². The highest BCUT2D eigenvalue weighted by Gasteiger charge is 2.27. The van der Waals surface area contributed by atoms with Crippen molar-refractivity contribution in [2.24, 2.45) is 0 Å². The van der Waals surface area contributed by atoms with E-state index >= 15 is 0 Å². The summed E-state index contributed by atoms with van der Waals surface area (Å²) in [5.41, 5.74) is 0.317. The fraction of sp³-hybridized carbons (Fsp3) is 0.375. The molecule has 1 aromatic heterocycles. The van der Waals surface area contributed by atoms with Gasteiger partial charge in [0, 0.05) is 11.6 Å². The zero-order valence-corrected chi connectivity index (χ0v) is 14.1. The molecule has 0 amide bonds. The maximum absolute atomic E-state index is 12.4. The van der Waals surface area contributed by atoms with E-state index in [0.29, 0.717) is 5.92 Å². The second-order valence-electron chi connectivity index (χ2n) is 5.83. The Morgan fingerprint density at radius 1 is 1.37 bits per heavy atom. The van der Waals surface area contributed by atoms with Gasteiger partial charge in [-0.25, -0.2) is 4.79 Å². The summed E-state index contributed by atoms with van der Waals surface area (Å²) in [7, 11) is 1.19. The number of nitro benzene ring substituents is 1. The van der Waals surface area contributed by atoms with Crippen LogP contribution in [-0.4, -0.2) is 34.8 Å². The number of nitrogens with one attached hydrogen (secondary N) is 1. The maximum Gasteiger partial charge on any atom is 0.387 e. The van der Waals surface area contributed by atoms with Crippen molar-refractivity contribution in [3.05, 3.63) is 45.3 Å². The average molecular weight is 383 g/mol. The van der Waals surface area contributed by atoms with Gasteiger partial charge < -0.3 is 14.2 Å². The van der Waals surface area contributed by atoms with Crippen LogP contribution in [0.15, 0.2) is 18.2 Å². The minimum Gasteiger partial charge on any atom is -0.493 e. The number of ether oxygens (including phenoxy) is 3. The normalized spacial score (nSPS) is 13.5. The molecule has 11 heteroatoms. The summed E-state index contributed by atoms with van der Waals surface area (Å²) >= 11 is 0. The van der Waals surface area contributed by atoms with Crippen molar-refractivity contribution in [3.8, 4) is 11.5 Å². The molecule has 1 saturated carbocycles. The lowest BCUT2D eigenvalue weighted by molar-refractivity contribution is -0.386. The van der Waals surface area contributed by atoms with E-state index in [0.717, 1.165) is 30.7 Å². The van der Waals surface area contributed by atoms with Crippen LogP contribution in [0.2, 0.25) is 0 Å². The number of carbonyl (C=O) groups excluding carboxylic acids is 1. The van der Waals surface area contributed by atoms with E-state index in [4.69, 9.17) is 9.47 Å². The Morgan fingerprint density at radius 2 is 2.11 bits per heavy atom. The molecule has 27 heavy (non-hydrogen) atoms. The van der Waals surface area contributed by atoms with E-state index in [2.05, 4.69) is 14.9 Å². The third-order valence-electron chi connectivity index (χ3n) is 3.96. The molecule has 0 bridgehead atoms. The number of aromatic amines is 1. The highest BCUT2D eigenvalue weighted by atomic mass is 19.3. The van der Waals surface area contributed by atoms with Gasteiger partial charge in [0.15, 0.2) is 17.2 Å². The standard InChI is InChI=1S/C16H15F2N3O6/c1-25-13-4-9(12(21(23)24)6-14(13)27-16(17)18)7-26-15(22)11-5-10(19-20-11)8-2-3-8/h4-6,8,16H,2-3,7H2,1H3,(H,19,20). The molecule has 1 aromatic carbocycles. The van der Waals surface area contributed by atoms with Gasteiger partial charge in [0.2, 0.25) is 0 Å². The van der Waals surface area contributed by atoms with Crippen molar-refractivity contribution in [3.63, 3.8) is 0 Å². The summed E-state index contributed by atoms with van der Waals surface area (Å²) in [4.78, 5) is 22.5. The van der Waals surface area contributed by atoms with Gasteiger partial charge in [0.1, 0.15) is 6.61 Å². The van der Waals surface area contributed by atoms with Crippen LogP contribution in [0.4, 0.5) is 14.5 Å². The number of carbonyl (C=O) groups is 1. The van der Waals surface area contributed by atoms with Gasteiger partial charge in [-0.3, -0.25) is 15.2 Å². The minimum absolute atomic E-state index is 0.0373. The summed E-state index contributed by atoms with van der Waals surface area (Å²) in [6.45, 7) is -3.64. The zero-order valence-electron chi connectivity index (χ0n) is 14.1. The van der Waals surface area contributed by atoms with Crippen LogP contribution in [0.1, 0.15) is 40.5 Å². The lowest BCUT2D eigenvalue weighted by Crippen LogP contribution is -2.09. The van der Waals surface area contributed by atoms with Gasteiger partial charge in [-0.2, -0.15) is 13.9 Å². The van der Waals surface area contributed by atoms with Crippen LogP contribution in [-0.2, 0) is 11.3 Å². The monoisotopic (exact) mass is 383 g/mol. The maximum atomic E-state index is 12.4. The molecule has 0 radical (unpaired) electrons. The van der Waals surface area contributed by atoms with Crippen LogP contribution in [0.5, 0.6) is 11.5 Å². The molecule has 0 spiro atoms. The quantitative estimate of drug-likeness (QED) is 0.423. The molecular weight excluding hydrogens is 368 g/mol. The molecule has 0 saturated heterocycles. The predicted molar refractivity (Wildman–Crippen MR) is 86.0 cm³/mol. The highest BCUT2D eigenvalue weighted by Crippen LogP contribution is 2.39. The highest BCUT2D eigenvalue weighted by molar-refractivity contribution is 5.87. The van der Waals surface area contributed by atoms with Gasteiger partial charge >= 0.3 is 12.6 Å². The Hall–Kier alpha value is -3.24. The van der Waals surface area contributed by atoms with Crippen molar-refractivity contribution >= 4 is 11.7 Å². The van der Waals surface area contributed by atoms with E-state index in [-0.39, 0.29) is 17.0 Å². The van der Waals surface area contributed by atoms with Crippen LogP contribution >= 0.6 is 0 Å². The Balaban J connectivity index is 1.77. The molecular formula is C16H15F2N3O6. The summed E-state index contributed by atoms with van der Waals surface area (Å²) < 4.78 is 39.1. The molecule has 1 N–H and O–H groups in total. The Morgan fingerprint density at radius 3 is 2.70 bits per heavy atom. The third-order valence-corrected chi connectivity index (χ3v) is 3.96. The first-order chi connectivity index (χ1) is 12.9. The van der Waals surface area contributed by atoms with Gasteiger partial charge in [-0.05, 0) is 25.0 Å². The topological polar surface area (TPSA) is 117 Å². The first-order valence-electron chi connectivity index (χ1n) is 7.91. The molecule has 1 fully saturated rings. The lowest BCUT2D eigenvalue weighted by atomic mass is 10.1.